The lowest BCUT2D eigenvalue weighted by Gasteiger charge is -2.31. The van der Waals surface area contributed by atoms with E-state index in [1.165, 1.54) is 4.90 Å². The molecule has 0 saturated heterocycles. The van der Waals surface area contributed by atoms with Gasteiger partial charge < -0.3 is 20.8 Å². The summed E-state index contributed by atoms with van der Waals surface area (Å²) in [5, 5.41) is 17.8. The summed E-state index contributed by atoms with van der Waals surface area (Å²) in [7, 11) is 0. The van der Waals surface area contributed by atoms with Crippen molar-refractivity contribution in [2.24, 2.45) is 17.1 Å². The van der Waals surface area contributed by atoms with Crippen molar-refractivity contribution in [2.45, 2.75) is 40.0 Å². The minimum Gasteiger partial charge on any atom is -0.395 e. The lowest BCUT2D eigenvalue weighted by atomic mass is 9.76. The minimum absolute atomic E-state index is 0.00521. The summed E-state index contributed by atoms with van der Waals surface area (Å²) in [5.74, 6) is 0.404. The Morgan fingerprint density at radius 3 is 2.05 bits per heavy atom. The second kappa shape index (κ2) is 9.28. The number of amides is 1. The number of hydrogen-bond donors (Lipinski definition) is 3. The van der Waals surface area contributed by atoms with Crippen LogP contribution in [-0.4, -0.2) is 53.9 Å². The summed E-state index contributed by atoms with van der Waals surface area (Å²) < 4.78 is 0. The van der Waals surface area contributed by atoms with Gasteiger partial charge in [-0.25, -0.2) is 0 Å². The average Bonchev–Trinajstić information content (AvgIpc) is 2.32. The Morgan fingerprint density at radius 1 is 1.16 bits per heavy atom. The third-order valence-corrected chi connectivity index (χ3v) is 3.54. The third-order valence-electron chi connectivity index (χ3n) is 3.54. The molecule has 114 valence electrons. The second-order valence-electron chi connectivity index (χ2n) is 6.01. The van der Waals surface area contributed by atoms with E-state index in [2.05, 4.69) is 20.8 Å². The number of nitrogens with zero attached hydrogens (tertiary/aromatic N) is 1. The van der Waals surface area contributed by atoms with Crippen LogP contribution >= 0.6 is 0 Å². The second-order valence-corrected chi connectivity index (χ2v) is 6.01. The van der Waals surface area contributed by atoms with E-state index in [1.807, 2.05) is 0 Å². The maximum Gasteiger partial charge on any atom is 0.222 e. The van der Waals surface area contributed by atoms with Crippen LogP contribution in [0.2, 0.25) is 0 Å². The summed E-state index contributed by atoms with van der Waals surface area (Å²) in [4.78, 5) is 13.5. The Balaban J connectivity index is 4.36. The molecule has 0 bridgehead atoms. The molecule has 1 atom stereocenters. The van der Waals surface area contributed by atoms with E-state index in [4.69, 9.17) is 15.9 Å². The molecule has 4 N–H and O–H groups in total. The van der Waals surface area contributed by atoms with Gasteiger partial charge in [0.15, 0.2) is 0 Å². The first-order chi connectivity index (χ1) is 8.86. The molecule has 0 aliphatic carbocycles. The molecule has 1 amide bonds. The number of aliphatic hydroxyl groups excluding tert-OH is 2. The van der Waals surface area contributed by atoms with Gasteiger partial charge in [-0.05, 0) is 30.7 Å². The van der Waals surface area contributed by atoms with Crippen molar-refractivity contribution in [3.8, 4) is 0 Å². The average molecular weight is 274 g/mol. The van der Waals surface area contributed by atoms with E-state index in [9.17, 15) is 4.79 Å². The van der Waals surface area contributed by atoms with Crippen LogP contribution in [0.4, 0.5) is 0 Å². The van der Waals surface area contributed by atoms with Gasteiger partial charge in [0, 0.05) is 19.5 Å². The Labute approximate surface area is 116 Å². The fraction of sp³-hybridized carbons (Fsp3) is 0.929. The Morgan fingerprint density at radius 2 is 1.68 bits per heavy atom. The predicted octanol–water partition coefficient (Wildman–Crippen LogP) is 0.591. The molecule has 0 saturated carbocycles. The highest BCUT2D eigenvalue weighted by atomic mass is 16.3. The number of nitrogens with two attached hydrogens (primary N) is 1. The zero-order valence-corrected chi connectivity index (χ0v) is 12.6. The zero-order valence-electron chi connectivity index (χ0n) is 12.6. The van der Waals surface area contributed by atoms with Crippen LogP contribution in [0.25, 0.3) is 0 Å². The van der Waals surface area contributed by atoms with Gasteiger partial charge in [-0.1, -0.05) is 20.8 Å². The van der Waals surface area contributed by atoms with Crippen molar-refractivity contribution < 1.29 is 15.0 Å². The number of aliphatic hydroxyl groups is 2. The Hall–Kier alpha value is -0.650. The molecule has 5 heteroatoms. The quantitative estimate of drug-likeness (QED) is 0.574. The molecule has 0 heterocycles. The topological polar surface area (TPSA) is 86.8 Å². The van der Waals surface area contributed by atoms with E-state index in [0.717, 1.165) is 12.8 Å². The molecule has 0 spiro atoms. The van der Waals surface area contributed by atoms with Crippen LogP contribution in [-0.2, 0) is 4.79 Å². The zero-order chi connectivity index (χ0) is 14.9. The molecular weight excluding hydrogens is 244 g/mol. The highest BCUT2D eigenvalue weighted by Gasteiger charge is 2.25. The molecular formula is C14H30N2O3. The summed E-state index contributed by atoms with van der Waals surface area (Å²) in [6.07, 6.45) is 2.16. The molecule has 19 heavy (non-hydrogen) atoms. The van der Waals surface area contributed by atoms with Crippen LogP contribution in [0.1, 0.15) is 40.0 Å². The largest absolute Gasteiger partial charge is 0.395 e. The molecule has 0 aromatic rings. The van der Waals surface area contributed by atoms with Gasteiger partial charge in [0.25, 0.3) is 0 Å². The summed E-state index contributed by atoms with van der Waals surface area (Å²) in [6, 6.07) is 0. The maximum atomic E-state index is 12.0. The van der Waals surface area contributed by atoms with Crippen molar-refractivity contribution in [3.63, 3.8) is 0 Å². The van der Waals surface area contributed by atoms with Gasteiger partial charge in [0.05, 0.1) is 13.2 Å². The maximum absolute atomic E-state index is 12.0. The van der Waals surface area contributed by atoms with Crippen molar-refractivity contribution >= 4 is 5.91 Å². The highest BCUT2D eigenvalue weighted by Crippen LogP contribution is 2.32. The highest BCUT2D eigenvalue weighted by molar-refractivity contribution is 5.76. The van der Waals surface area contributed by atoms with Gasteiger partial charge >= 0.3 is 0 Å². The lowest BCUT2D eigenvalue weighted by Crippen LogP contribution is -2.36. The summed E-state index contributed by atoms with van der Waals surface area (Å²) >= 11 is 0. The van der Waals surface area contributed by atoms with Gasteiger partial charge in [-0.2, -0.15) is 0 Å². The molecule has 0 rings (SSSR count). The van der Waals surface area contributed by atoms with Crippen molar-refractivity contribution in [1.29, 1.82) is 0 Å². The van der Waals surface area contributed by atoms with Crippen LogP contribution in [0.3, 0.4) is 0 Å². The SMILES string of the molecule is CC(C)(C)C(CCN)CCC(=O)N(CCO)CCO. The fourth-order valence-electron chi connectivity index (χ4n) is 2.27. The van der Waals surface area contributed by atoms with Crippen LogP contribution in [0.15, 0.2) is 0 Å². The first kappa shape index (κ1) is 18.4. The predicted molar refractivity (Wildman–Crippen MR) is 76.6 cm³/mol. The standard InChI is InChI=1S/C14H30N2O3/c1-14(2,3)12(6-7-15)4-5-13(19)16(8-10-17)9-11-18/h12,17-18H,4-11,15H2,1-3H3. The molecule has 1 unspecified atom stereocenters. The van der Waals surface area contributed by atoms with Gasteiger partial charge in [-0.15, -0.1) is 0 Å². The first-order valence-corrected chi connectivity index (χ1v) is 7.06. The normalized spacial score (nSPS) is 13.4. The number of carbonyl (C=O) groups is 1. The van der Waals surface area contributed by atoms with Crippen molar-refractivity contribution in [2.75, 3.05) is 32.8 Å². The summed E-state index contributed by atoms with van der Waals surface area (Å²) in [6.45, 7) is 7.56. The molecule has 5 nitrogen and oxygen atoms in total. The van der Waals surface area contributed by atoms with E-state index in [0.29, 0.717) is 18.9 Å². The lowest BCUT2D eigenvalue weighted by molar-refractivity contribution is -0.132. The number of rotatable bonds is 9. The molecule has 0 aliphatic rings. The molecule has 0 aromatic heterocycles. The third kappa shape index (κ3) is 7.50. The number of hydrogen-bond acceptors (Lipinski definition) is 4. The monoisotopic (exact) mass is 274 g/mol. The summed E-state index contributed by atoms with van der Waals surface area (Å²) in [5.41, 5.74) is 5.76. The Bertz CT molecular complexity index is 246. The van der Waals surface area contributed by atoms with Crippen LogP contribution < -0.4 is 5.73 Å². The van der Waals surface area contributed by atoms with Crippen molar-refractivity contribution in [1.82, 2.24) is 4.90 Å². The molecule has 0 aromatic carbocycles. The molecule has 0 fully saturated rings. The van der Waals surface area contributed by atoms with E-state index in [1.54, 1.807) is 0 Å². The van der Waals surface area contributed by atoms with Crippen molar-refractivity contribution in [3.05, 3.63) is 0 Å². The van der Waals surface area contributed by atoms with Gasteiger partial charge in [-0.3, -0.25) is 4.79 Å². The van der Waals surface area contributed by atoms with E-state index >= 15 is 0 Å². The molecule has 0 aliphatic heterocycles. The van der Waals surface area contributed by atoms with Crippen LogP contribution in [0, 0.1) is 11.3 Å². The molecule has 0 radical (unpaired) electrons. The fourth-order valence-corrected chi connectivity index (χ4v) is 2.27. The van der Waals surface area contributed by atoms with E-state index in [-0.39, 0.29) is 37.6 Å². The van der Waals surface area contributed by atoms with Crippen LogP contribution in [0.5, 0.6) is 0 Å². The smallest absolute Gasteiger partial charge is 0.222 e. The van der Waals surface area contributed by atoms with Gasteiger partial charge in [0.1, 0.15) is 0 Å². The number of carbonyl (C=O) groups excluding carboxylic acids is 1. The van der Waals surface area contributed by atoms with E-state index < -0.39 is 0 Å². The van der Waals surface area contributed by atoms with Gasteiger partial charge in [0.2, 0.25) is 5.91 Å². The minimum atomic E-state index is -0.0722. The first-order valence-electron chi connectivity index (χ1n) is 7.06. The Kier molecular flexibility index (Phi) is 8.97.